The lowest BCUT2D eigenvalue weighted by molar-refractivity contribution is -0.154. The number of rotatable bonds is 7. The molecule has 27 heavy (non-hydrogen) atoms. The number of aromatic nitrogens is 1. The Morgan fingerprint density at radius 1 is 1.15 bits per heavy atom. The number of amides is 2. The van der Waals surface area contributed by atoms with Crippen LogP contribution in [0, 0.1) is 0 Å². The topological polar surface area (TPSA) is 89.6 Å². The van der Waals surface area contributed by atoms with Gasteiger partial charge in [-0.3, -0.25) is 9.59 Å². The molecular weight excluding hydrogens is 367 g/mol. The summed E-state index contributed by atoms with van der Waals surface area (Å²) in [7, 11) is 1.47. The number of nitrogens with zero attached hydrogens (tertiary/aromatic N) is 1. The zero-order chi connectivity index (χ0) is 19.9. The SMILES string of the molecule is CNC(=O)COc1cccc(NC(=O)c2cccnc2OCC(F)(F)F)c1. The molecule has 1 aromatic heterocycles. The van der Waals surface area contributed by atoms with Crippen LogP contribution in [0.15, 0.2) is 42.6 Å². The van der Waals surface area contributed by atoms with Crippen molar-refractivity contribution < 1.29 is 32.2 Å². The molecule has 0 fully saturated rings. The van der Waals surface area contributed by atoms with E-state index in [-0.39, 0.29) is 18.1 Å². The third-order valence-electron chi connectivity index (χ3n) is 3.13. The van der Waals surface area contributed by atoms with Crippen molar-refractivity contribution in [3.63, 3.8) is 0 Å². The molecule has 144 valence electrons. The van der Waals surface area contributed by atoms with Gasteiger partial charge in [-0.15, -0.1) is 0 Å². The molecule has 0 aliphatic carbocycles. The van der Waals surface area contributed by atoms with Crippen molar-refractivity contribution in [1.82, 2.24) is 10.3 Å². The molecule has 2 aromatic rings. The number of anilines is 1. The van der Waals surface area contributed by atoms with Crippen LogP contribution in [0.25, 0.3) is 0 Å². The molecule has 1 aromatic carbocycles. The molecule has 0 aliphatic rings. The monoisotopic (exact) mass is 383 g/mol. The quantitative estimate of drug-likeness (QED) is 0.766. The van der Waals surface area contributed by atoms with Crippen LogP contribution in [0.5, 0.6) is 11.6 Å². The Hall–Kier alpha value is -3.30. The Bertz CT molecular complexity index is 812. The number of hydrogen-bond donors (Lipinski definition) is 2. The second-order valence-corrected chi connectivity index (χ2v) is 5.20. The van der Waals surface area contributed by atoms with Crippen LogP contribution in [-0.2, 0) is 4.79 Å². The molecule has 0 radical (unpaired) electrons. The Morgan fingerprint density at radius 3 is 2.63 bits per heavy atom. The molecule has 0 aliphatic heterocycles. The highest BCUT2D eigenvalue weighted by Crippen LogP contribution is 2.22. The molecule has 7 nitrogen and oxygen atoms in total. The van der Waals surface area contributed by atoms with Crippen LogP contribution in [0.1, 0.15) is 10.4 Å². The molecule has 0 saturated heterocycles. The number of hydrogen-bond acceptors (Lipinski definition) is 5. The maximum atomic E-state index is 12.4. The summed E-state index contributed by atoms with van der Waals surface area (Å²) in [4.78, 5) is 27.2. The Morgan fingerprint density at radius 2 is 1.93 bits per heavy atom. The first kappa shape index (κ1) is 20.0. The number of benzene rings is 1. The van der Waals surface area contributed by atoms with Gasteiger partial charge in [-0.1, -0.05) is 6.07 Å². The van der Waals surface area contributed by atoms with Crippen molar-refractivity contribution in [2.75, 3.05) is 25.6 Å². The van der Waals surface area contributed by atoms with Crippen LogP contribution in [0.2, 0.25) is 0 Å². The molecule has 0 atom stereocenters. The van der Waals surface area contributed by atoms with E-state index in [1.807, 2.05) is 0 Å². The van der Waals surface area contributed by atoms with Gasteiger partial charge in [0.25, 0.3) is 11.8 Å². The molecular formula is C17H16F3N3O4. The summed E-state index contributed by atoms with van der Waals surface area (Å²) in [5, 5.41) is 4.91. The summed E-state index contributed by atoms with van der Waals surface area (Å²) >= 11 is 0. The number of carbonyl (C=O) groups is 2. The molecule has 2 amide bonds. The summed E-state index contributed by atoms with van der Waals surface area (Å²) in [6, 6.07) is 8.88. The average Bonchev–Trinajstić information content (AvgIpc) is 2.64. The molecule has 0 unspecified atom stereocenters. The van der Waals surface area contributed by atoms with Gasteiger partial charge in [-0.25, -0.2) is 4.98 Å². The predicted octanol–water partition coefficient (Wildman–Crippen LogP) is 2.40. The number of carbonyl (C=O) groups excluding carboxylic acids is 2. The Labute approximate surface area is 152 Å². The molecule has 2 rings (SSSR count). The highest BCUT2D eigenvalue weighted by atomic mass is 19.4. The van der Waals surface area contributed by atoms with Crippen molar-refractivity contribution in [2.45, 2.75) is 6.18 Å². The minimum atomic E-state index is -4.55. The van der Waals surface area contributed by atoms with Crippen LogP contribution in [-0.4, -0.2) is 43.2 Å². The number of nitrogens with one attached hydrogen (secondary N) is 2. The Balaban J connectivity index is 2.08. The van der Waals surface area contributed by atoms with E-state index in [1.165, 1.54) is 31.4 Å². The fraction of sp³-hybridized carbons (Fsp3) is 0.235. The highest BCUT2D eigenvalue weighted by Gasteiger charge is 2.29. The van der Waals surface area contributed by atoms with E-state index >= 15 is 0 Å². The van der Waals surface area contributed by atoms with E-state index in [4.69, 9.17) is 4.74 Å². The fourth-order valence-electron chi connectivity index (χ4n) is 1.91. The van der Waals surface area contributed by atoms with Crippen LogP contribution in [0.4, 0.5) is 18.9 Å². The lowest BCUT2D eigenvalue weighted by atomic mass is 10.2. The van der Waals surface area contributed by atoms with Crippen LogP contribution < -0.4 is 20.1 Å². The summed E-state index contributed by atoms with van der Waals surface area (Å²) in [5.41, 5.74) is 0.165. The van der Waals surface area contributed by atoms with Gasteiger partial charge >= 0.3 is 6.18 Å². The van der Waals surface area contributed by atoms with Gasteiger partial charge in [0.15, 0.2) is 13.2 Å². The van der Waals surface area contributed by atoms with E-state index in [0.717, 1.165) is 0 Å². The smallest absolute Gasteiger partial charge is 0.422 e. The predicted molar refractivity (Wildman–Crippen MR) is 89.7 cm³/mol. The molecule has 0 saturated carbocycles. The normalized spacial score (nSPS) is 10.8. The largest absolute Gasteiger partial charge is 0.484 e. The van der Waals surface area contributed by atoms with E-state index in [9.17, 15) is 22.8 Å². The van der Waals surface area contributed by atoms with Gasteiger partial charge in [0.05, 0.1) is 0 Å². The highest BCUT2D eigenvalue weighted by molar-refractivity contribution is 6.05. The maximum Gasteiger partial charge on any atom is 0.422 e. The molecule has 0 bridgehead atoms. The fourth-order valence-corrected chi connectivity index (χ4v) is 1.91. The van der Waals surface area contributed by atoms with Gasteiger partial charge < -0.3 is 20.1 Å². The zero-order valence-electron chi connectivity index (χ0n) is 14.2. The third-order valence-corrected chi connectivity index (χ3v) is 3.13. The first-order valence-corrected chi connectivity index (χ1v) is 7.68. The standard InChI is InChI=1S/C17H16F3N3O4/c1-21-14(24)9-26-12-5-2-4-11(8-12)23-15(25)13-6-3-7-22-16(13)27-10-17(18,19)20/h2-8H,9-10H2,1H3,(H,21,24)(H,23,25). The number of alkyl halides is 3. The van der Waals surface area contributed by atoms with Gasteiger partial charge in [0.1, 0.15) is 11.3 Å². The minimum Gasteiger partial charge on any atom is -0.484 e. The Kier molecular flexibility index (Phi) is 6.58. The summed E-state index contributed by atoms with van der Waals surface area (Å²) in [6.45, 7) is -1.76. The van der Waals surface area contributed by atoms with Crippen LogP contribution >= 0.6 is 0 Å². The van der Waals surface area contributed by atoms with Crippen molar-refractivity contribution >= 4 is 17.5 Å². The van der Waals surface area contributed by atoms with E-state index in [1.54, 1.807) is 18.2 Å². The van der Waals surface area contributed by atoms with E-state index < -0.39 is 24.6 Å². The second kappa shape index (κ2) is 8.88. The average molecular weight is 383 g/mol. The van der Waals surface area contributed by atoms with Gasteiger partial charge in [0.2, 0.25) is 5.88 Å². The molecule has 10 heteroatoms. The number of ether oxygens (including phenoxy) is 2. The lowest BCUT2D eigenvalue weighted by Crippen LogP contribution is -2.24. The summed E-state index contributed by atoms with van der Waals surface area (Å²) < 4.78 is 46.8. The van der Waals surface area contributed by atoms with Crippen molar-refractivity contribution in [3.8, 4) is 11.6 Å². The zero-order valence-corrected chi connectivity index (χ0v) is 14.2. The van der Waals surface area contributed by atoms with Crippen molar-refractivity contribution in [2.24, 2.45) is 0 Å². The molecule has 2 N–H and O–H groups in total. The third kappa shape index (κ3) is 6.49. The first-order valence-electron chi connectivity index (χ1n) is 7.68. The maximum absolute atomic E-state index is 12.4. The van der Waals surface area contributed by atoms with Crippen LogP contribution in [0.3, 0.4) is 0 Å². The molecule has 0 spiro atoms. The first-order chi connectivity index (χ1) is 12.8. The lowest BCUT2D eigenvalue weighted by Gasteiger charge is -2.12. The number of likely N-dealkylation sites (N-methyl/N-ethyl adjacent to an activating group) is 1. The second-order valence-electron chi connectivity index (χ2n) is 5.20. The van der Waals surface area contributed by atoms with Gasteiger partial charge in [-0.05, 0) is 24.3 Å². The number of halogens is 3. The van der Waals surface area contributed by atoms with Gasteiger partial charge in [-0.2, -0.15) is 13.2 Å². The van der Waals surface area contributed by atoms with E-state index in [2.05, 4.69) is 20.4 Å². The van der Waals surface area contributed by atoms with E-state index in [0.29, 0.717) is 11.4 Å². The molecule has 1 heterocycles. The minimum absolute atomic E-state index is 0.154. The summed E-state index contributed by atoms with van der Waals surface area (Å²) in [5.74, 6) is -1.13. The number of pyridine rings is 1. The van der Waals surface area contributed by atoms with Crippen molar-refractivity contribution in [1.29, 1.82) is 0 Å². The van der Waals surface area contributed by atoms with Gasteiger partial charge in [0, 0.05) is 25.0 Å². The van der Waals surface area contributed by atoms with Crippen molar-refractivity contribution in [3.05, 3.63) is 48.2 Å². The summed E-state index contributed by atoms with van der Waals surface area (Å²) in [6.07, 6.45) is -3.34.